The van der Waals surface area contributed by atoms with Gasteiger partial charge in [0.1, 0.15) is 5.56 Å². The molecule has 0 atom stereocenters. The standard InChI is InChI=1S/C8H9ClN2O2/c1-13-8(12)7-5(9)2-4(10)3-6(7)11/h2-3H,10-11H2,1H3. The molecule has 0 amide bonds. The van der Waals surface area contributed by atoms with Gasteiger partial charge in [0.05, 0.1) is 12.1 Å². The number of hydrogen-bond acceptors (Lipinski definition) is 4. The molecular weight excluding hydrogens is 192 g/mol. The average molecular weight is 201 g/mol. The summed E-state index contributed by atoms with van der Waals surface area (Å²) < 4.78 is 4.49. The lowest BCUT2D eigenvalue weighted by atomic mass is 10.1. The first kappa shape index (κ1) is 9.67. The van der Waals surface area contributed by atoms with E-state index in [1.807, 2.05) is 0 Å². The van der Waals surface area contributed by atoms with Crippen molar-refractivity contribution >= 4 is 28.9 Å². The minimum Gasteiger partial charge on any atom is -0.465 e. The Labute approximate surface area is 80.4 Å². The van der Waals surface area contributed by atoms with Crippen LogP contribution >= 0.6 is 11.6 Å². The average Bonchev–Trinajstić information content (AvgIpc) is 2.02. The predicted octanol–water partition coefficient (Wildman–Crippen LogP) is 1.29. The van der Waals surface area contributed by atoms with Crippen LogP contribution in [0.25, 0.3) is 0 Å². The van der Waals surface area contributed by atoms with Crippen molar-refractivity contribution in [2.45, 2.75) is 0 Å². The summed E-state index contributed by atoms with van der Waals surface area (Å²) in [5.41, 5.74) is 11.8. The van der Waals surface area contributed by atoms with Gasteiger partial charge in [-0.25, -0.2) is 4.79 Å². The van der Waals surface area contributed by atoms with E-state index in [0.717, 1.165) is 0 Å². The van der Waals surface area contributed by atoms with Crippen molar-refractivity contribution in [2.24, 2.45) is 0 Å². The molecule has 13 heavy (non-hydrogen) atoms. The highest BCUT2D eigenvalue weighted by molar-refractivity contribution is 6.34. The van der Waals surface area contributed by atoms with Gasteiger partial charge in [-0.3, -0.25) is 0 Å². The third kappa shape index (κ3) is 1.84. The summed E-state index contributed by atoms with van der Waals surface area (Å²) in [6.07, 6.45) is 0. The van der Waals surface area contributed by atoms with Crippen LogP contribution in [-0.4, -0.2) is 13.1 Å². The third-order valence-corrected chi connectivity index (χ3v) is 1.83. The number of halogens is 1. The molecule has 0 fully saturated rings. The highest BCUT2D eigenvalue weighted by atomic mass is 35.5. The zero-order valence-corrected chi connectivity index (χ0v) is 7.76. The number of rotatable bonds is 1. The molecule has 0 heterocycles. The van der Waals surface area contributed by atoms with E-state index < -0.39 is 5.97 Å². The topological polar surface area (TPSA) is 78.3 Å². The number of nitrogen functional groups attached to an aromatic ring is 2. The van der Waals surface area contributed by atoms with Gasteiger partial charge < -0.3 is 16.2 Å². The van der Waals surface area contributed by atoms with Gasteiger partial charge in [-0.15, -0.1) is 0 Å². The Kier molecular flexibility index (Phi) is 2.63. The van der Waals surface area contributed by atoms with Gasteiger partial charge in [-0.2, -0.15) is 0 Å². The Balaban J connectivity index is 3.28. The fraction of sp³-hybridized carbons (Fsp3) is 0.125. The second-order valence-corrected chi connectivity index (χ2v) is 2.87. The van der Waals surface area contributed by atoms with Crippen LogP contribution in [0.4, 0.5) is 11.4 Å². The van der Waals surface area contributed by atoms with Crippen LogP contribution in [0, 0.1) is 0 Å². The maximum absolute atomic E-state index is 11.1. The molecule has 0 radical (unpaired) electrons. The van der Waals surface area contributed by atoms with Crippen molar-refractivity contribution in [1.29, 1.82) is 0 Å². The van der Waals surface area contributed by atoms with Crippen LogP contribution in [0.1, 0.15) is 10.4 Å². The van der Waals surface area contributed by atoms with E-state index in [9.17, 15) is 4.79 Å². The number of carbonyl (C=O) groups excluding carboxylic acids is 1. The van der Waals surface area contributed by atoms with Crippen LogP contribution in [0.15, 0.2) is 12.1 Å². The van der Waals surface area contributed by atoms with Gasteiger partial charge in [0.15, 0.2) is 0 Å². The minimum absolute atomic E-state index is 0.151. The zero-order chi connectivity index (χ0) is 10.0. The lowest BCUT2D eigenvalue weighted by Crippen LogP contribution is -2.07. The van der Waals surface area contributed by atoms with Crippen molar-refractivity contribution in [3.05, 3.63) is 22.7 Å². The Morgan fingerprint density at radius 1 is 1.46 bits per heavy atom. The van der Waals surface area contributed by atoms with Gasteiger partial charge >= 0.3 is 5.97 Å². The predicted molar refractivity (Wildman–Crippen MR) is 51.6 cm³/mol. The summed E-state index contributed by atoms with van der Waals surface area (Å²) in [6, 6.07) is 2.91. The van der Waals surface area contributed by atoms with Gasteiger partial charge in [-0.1, -0.05) is 11.6 Å². The molecule has 1 aromatic rings. The molecule has 0 aliphatic rings. The number of ether oxygens (including phenoxy) is 1. The molecule has 5 heteroatoms. The first-order valence-electron chi connectivity index (χ1n) is 3.49. The monoisotopic (exact) mass is 200 g/mol. The highest BCUT2D eigenvalue weighted by Crippen LogP contribution is 2.26. The Morgan fingerprint density at radius 3 is 2.54 bits per heavy atom. The van der Waals surface area contributed by atoms with E-state index in [1.54, 1.807) is 0 Å². The number of benzene rings is 1. The zero-order valence-electron chi connectivity index (χ0n) is 7.00. The fourth-order valence-corrected chi connectivity index (χ4v) is 1.28. The SMILES string of the molecule is COC(=O)c1c(N)cc(N)cc1Cl. The normalized spacial score (nSPS) is 9.69. The molecule has 4 nitrogen and oxygen atoms in total. The molecule has 0 unspecified atom stereocenters. The summed E-state index contributed by atoms with van der Waals surface area (Å²) in [6.45, 7) is 0. The molecule has 0 saturated carbocycles. The smallest absolute Gasteiger partial charge is 0.341 e. The number of methoxy groups -OCH3 is 1. The molecule has 0 aliphatic carbocycles. The second kappa shape index (κ2) is 3.53. The van der Waals surface area contributed by atoms with Gasteiger partial charge in [0.25, 0.3) is 0 Å². The maximum atomic E-state index is 11.1. The largest absolute Gasteiger partial charge is 0.465 e. The highest BCUT2D eigenvalue weighted by Gasteiger charge is 2.14. The van der Waals surface area contributed by atoms with Crippen LogP contribution in [-0.2, 0) is 4.74 Å². The number of nitrogens with two attached hydrogens (primary N) is 2. The Morgan fingerprint density at radius 2 is 2.08 bits per heavy atom. The van der Waals surface area contributed by atoms with Gasteiger partial charge in [0.2, 0.25) is 0 Å². The van der Waals surface area contributed by atoms with Crippen LogP contribution in [0.2, 0.25) is 5.02 Å². The first-order chi connectivity index (χ1) is 6.06. The lowest BCUT2D eigenvalue weighted by molar-refractivity contribution is 0.0602. The number of anilines is 2. The molecule has 0 saturated heterocycles. The lowest BCUT2D eigenvalue weighted by Gasteiger charge is -2.06. The quantitative estimate of drug-likeness (QED) is 0.529. The van der Waals surface area contributed by atoms with Crippen LogP contribution < -0.4 is 11.5 Å². The Hall–Kier alpha value is -1.42. The molecule has 0 bridgehead atoms. The molecule has 1 rings (SSSR count). The molecule has 1 aromatic carbocycles. The van der Waals surface area contributed by atoms with Crippen LogP contribution in [0.5, 0.6) is 0 Å². The summed E-state index contributed by atoms with van der Waals surface area (Å²) in [7, 11) is 1.26. The van der Waals surface area contributed by atoms with Crippen molar-refractivity contribution in [1.82, 2.24) is 0 Å². The van der Waals surface area contributed by atoms with Gasteiger partial charge in [-0.05, 0) is 12.1 Å². The van der Waals surface area contributed by atoms with E-state index in [2.05, 4.69) is 4.74 Å². The summed E-state index contributed by atoms with van der Waals surface area (Å²) >= 11 is 5.75. The van der Waals surface area contributed by atoms with E-state index in [4.69, 9.17) is 23.1 Å². The van der Waals surface area contributed by atoms with Crippen molar-refractivity contribution in [3.8, 4) is 0 Å². The van der Waals surface area contributed by atoms with Crippen LogP contribution in [0.3, 0.4) is 0 Å². The van der Waals surface area contributed by atoms with Crippen molar-refractivity contribution in [2.75, 3.05) is 18.6 Å². The number of carbonyl (C=O) groups is 1. The van der Waals surface area contributed by atoms with E-state index in [0.29, 0.717) is 5.69 Å². The number of esters is 1. The summed E-state index contributed by atoms with van der Waals surface area (Å²) in [5.74, 6) is -0.567. The summed E-state index contributed by atoms with van der Waals surface area (Å²) in [4.78, 5) is 11.1. The molecule has 70 valence electrons. The van der Waals surface area contributed by atoms with E-state index in [-0.39, 0.29) is 16.3 Å². The fourth-order valence-electron chi connectivity index (χ4n) is 0.967. The van der Waals surface area contributed by atoms with E-state index >= 15 is 0 Å². The molecule has 4 N–H and O–H groups in total. The maximum Gasteiger partial charge on any atom is 0.341 e. The Bertz CT molecular complexity index is 329. The van der Waals surface area contributed by atoms with Crippen molar-refractivity contribution < 1.29 is 9.53 Å². The van der Waals surface area contributed by atoms with E-state index in [1.165, 1.54) is 19.2 Å². The molecule has 0 spiro atoms. The number of hydrogen-bond donors (Lipinski definition) is 2. The first-order valence-corrected chi connectivity index (χ1v) is 3.87. The van der Waals surface area contributed by atoms with Gasteiger partial charge in [0, 0.05) is 11.4 Å². The minimum atomic E-state index is -0.567. The molecule has 0 aromatic heterocycles. The molecular formula is C8H9ClN2O2. The third-order valence-electron chi connectivity index (χ3n) is 1.53. The second-order valence-electron chi connectivity index (χ2n) is 2.46. The van der Waals surface area contributed by atoms with Crippen molar-refractivity contribution in [3.63, 3.8) is 0 Å². The molecule has 0 aliphatic heterocycles. The summed E-state index contributed by atoms with van der Waals surface area (Å²) in [5, 5.41) is 0.198.